The van der Waals surface area contributed by atoms with Crippen molar-refractivity contribution in [3.05, 3.63) is 80.0 Å². The number of hydrogen-bond donors (Lipinski definition) is 0. The van der Waals surface area contributed by atoms with Gasteiger partial charge in [0.25, 0.3) is 0 Å². The van der Waals surface area contributed by atoms with Crippen LogP contribution in [0, 0.1) is 6.92 Å². The van der Waals surface area contributed by atoms with E-state index < -0.39 is 0 Å². The number of ether oxygens (including phenoxy) is 5. The Kier molecular flexibility index (Phi) is 6.94. The zero-order chi connectivity index (χ0) is 26.3. The van der Waals surface area contributed by atoms with Gasteiger partial charge in [-0.1, -0.05) is 29.3 Å². The molecule has 5 rings (SSSR count). The monoisotopic (exact) mass is 541 g/mol. The largest absolute Gasteiger partial charge is 0.493 e. The van der Waals surface area contributed by atoms with Crippen molar-refractivity contribution in [2.24, 2.45) is 0 Å². The van der Waals surface area contributed by atoms with Crippen molar-refractivity contribution in [2.45, 2.75) is 20.0 Å². The molecule has 0 N–H and O–H groups in total. The van der Waals surface area contributed by atoms with Crippen molar-refractivity contribution >= 4 is 35.1 Å². The number of nitrogens with zero attached hydrogens (tertiary/aromatic N) is 1. The lowest BCUT2D eigenvalue weighted by Gasteiger charge is -2.30. The van der Waals surface area contributed by atoms with E-state index in [1.807, 2.05) is 25.1 Å². The molecule has 9 heteroatoms. The number of carbonyl (C=O) groups is 1. The van der Waals surface area contributed by atoms with E-state index in [-0.39, 0.29) is 11.5 Å². The molecule has 0 aliphatic carbocycles. The van der Waals surface area contributed by atoms with Gasteiger partial charge < -0.3 is 23.7 Å². The molecule has 0 saturated heterocycles. The van der Waals surface area contributed by atoms with Crippen LogP contribution in [-0.2, 0) is 13.1 Å². The highest BCUT2D eigenvalue weighted by Crippen LogP contribution is 2.44. The Labute approximate surface area is 225 Å². The first-order valence-corrected chi connectivity index (χ1v) is 12.3. The molecule has 7 nitrogen and oxygen atoms in total. The van der Waals surface area contributed by atoms with Crippen LogP contribution < -0.4 is 23.7 Å². The van der Waals surface area contributed by atoms with Crippen LogP contribution in [0.2, 0.25) is 10.0 Å². The van der Waals surface area contributed by atoms with Crippen LogP contribution in [0.3, 0.4) is 0 Å². The molecular formula is C28H25Cl2NO6. The third-order valence-corrected chi connectivity index (χ3v) is 7.12. The van der Waals surface area contributed by atoms with Crippen molar-refractivity contribution in [1.82, 2.24) is 4.90 Å². The topological polar surface area (TPSA) is 66.5 Å². The van der Waals surface area contributed by atoms with Crippen LogP contribution in [0.1, 0.15) is 32.6 Å². The highest BCUT2D eigenvalue weighted by Gasteiger charge is 2.34. The summed E-state index contributed by atoms with van der Waals surface area (Å²) in [6.07, 6.45) is 1.67. The zero-order valence-electron chi connectivity index (χ0n) is 20.8. The van der Waals surface area contributed by atoms with E-state index in [9.17, 15) is 4.79 Å². The SMILES string of the molecule is COc1cc(/C=C2\Oc3c(cc4c(c3C)OCN(Cc3ccc(Cl)c(Cl)c3)C4)C2=O)cc(OC)c1OC. The first kappa shape index (κ1) is 25.3. The van der Waals surface area contributed by atoms with Crippen LogP contribution >= 0.6 is 23.2 Å². The van der Waals surface area contributed by atoms with E-state index in [0.29, 0.717) is 64.0 Å². The normalized spacial score (nSPS) is 15.6. The summed E-state index contributed by atoms with van der Waals surface area (Å²) in [7, 11) is 4.62. The Morgan fingerprint density at radius 2 is 1.70 bits per heavy atom. The number of carbonyl (C=O) groups excluding carboxylic acids is 1. The minimum atomic E-state index is -0.198. The minimum Gasteiger partial charge on any atom is -0.493 e. The third kappa shape index (κ3) is 4.70. The summed E-state index contributed by atoms with van der Waals surface area (Å²) >= 11 is 12.2. The Morgan fingerprint density at radius 1 is 0.973 bits per heavy atom. The van der Waals surface area contributed by atoms with Crippen molar-refractivity contribution in [2.75, 3.05) is 28.1 Å². The van der Waals surface area contributed by atoms with Crippen LogP contribution in [-0.4, -0.2) is 38.7 Å². The molecule has 3 aromatic carbocycles. The van der Waals surface area contributed by atoms with Gasteiger partial charge in [-0.3, -0.25) is 9.69 Å². The summed E-state index contributed by atoms with van der Waals surface area (Å²) in [4.78, 5) is 15.5. The van der Waals surface area contributed by atoms with E-state index in [0.717, 1.165) is 22.4 Å². The number of benzene rings is 3. The van der Waals surface area contributed by atoms with Gasteiger partial charge in [-0.2, -0.15) is 0 Å². The van der Waals surface area contributed by atoms with Gasteiger partial charge in [0.1, 0.15) is 18.2 Å². The maximum atomic E-state index is 13.4. The fourth-order valence-electron chi connectivity index (χ4n) is 4.63. The highest BCUT2D eigenvalue weighted by atomic mass is 35.5. The van der Waals surface area contributed by atoms with E-state index in [1.54, 1.807) is 38.5 Å². The average molecular weight is 542 g/mol. The molecule has 3 aromatic rings. The Balaban J connectivity index is 1.42. The number of hydrogen-bond acceptors (Lipinski definition) is 7. The minimum absolute atomic E-state index is 0.198. The molecule has 0 atom stereocenters. The van der Waals surface area contributed by atoms with Gasteiger partial charge in [0, 0.05) is 24.2 Å². The molecule has 0 saturated carbocycles. The van der Waals surface area contributed by atoms with Gasteiger partial charge in [0.2, 0.25) is 11.5 Å². The van der Waals surface area contributed by atoms with Gasteiger partial charge in [0.05, 0.1) is 36.9 Å². The van der Waals surface area contributed by atoms with Gasteiger partial charge >= 0.3 is 0 Å². The number of halogens is 2. The Hall–Kier alpha value is -3.39. The number of allylic oxidation sites excluding steroid dienone is 1. The average Bonchev–Trinajstić information content (AvgIpc) is 3.20. The number of rotatable bonds is 6. The van der Waals surface area contributed by atoms with Gasteiger partial charge in [-0.25, -0.2) is 0 Å². The summed E-state index contributed by atoms with van der Waals surface area (Å²) in [5.41, 5.74) is 3.93. The van der Waals surface area contributed by atoms with Crippen molar-refractivity contribution in [3.8, 4) is 28.7 Å². The molecule has 2 aliphatic heterocycles. The second-order valence-corrected chi connectivity index (χ2v) is 9.59. The molecule has 0 unspecified atom stereocenters. The number of ketones is 1. The van der Waals surface area contributed by atoms with E-state index in [1.165, 1.54) is 7.11 Å². The van der Waals surface area contributed by atoms with Gasteiger partial charge in [-0.15, -0.1) is 0 Å². The lowest BCUT2D eigenvalue weighted by molar-refractivity contribution is 0.0876. The molecule has 0 fully saturated rings. The quantitative estimate of drug-likeness (QED) is 0.339. The van der Waals surface area contributed by atoms with E-state index >= 15 is 0 Å². The van der Waals surface area contributed by atoms with Crippen molar-refractivity contribution < 1.29 is 28.5 Å². The molecule has 192 valence electrons. The molecular weight excluding hydrogens is 517 g/mol. The number of fused-ring (bicyclic) bond motifs is 2. The number of methoxy groups -OCH3 is 3. The standard InChI is InChI=1S/C28H25Cl2NO6/c1-15-26-18(13-31(14-36-26)12-16-5-6-20(29)21(30)7-16)11-19-25(32)22(37-27(15)19)8-17-9-23(33-2)28(35-4)24(10-17)34-3/h5-11H,12-14H2,1-4H3/b22-8-. The molecule has 2 aliphatic rings. The van der Waals surface area contributed by atoms with Gasteiger partial charge in [0.15, 0.2) is 17.3 Å². The Bertz CT molecular complexity index is 1410. The van der Waals surface area contributed by atoms with Crippen molar-refractivity contribution in [3.63, 3.8) is 0 Å². The summed E-state index contributed by atoms with van der Waals surface area (Å²) in [6, 6.07) is 11.0. The summed E-state index contributed by atoms with van der Waals surface area (Å²) in [5.74, 6) is 2.71. The van der Waals surface area contributed by atoms with Gasteiger partial charge in [-0.05, 0) is 54.5 Å². The highest BCUT2D eigenvalue weighted by molar-refractivity contribution is 6.42. The smallest absolute Gasteiger partial charge is 0.231 e. The molecule has 37 heavy (non-hydrogen) atoms. The molecule has 0 amide bonds. The lowest BCUT2D eigenvalue weighted by Crippen LogP contribution is -2.32. The fraction of sp³-hybridized carbons (Fsp3) is 0.250. The van der Waals surface area contributed by atoms with Crippen LogP contribution in [0.4, 0.5) is 0 Å². The van der Waals surface area contributed by atoms with Crippen LogP contribution in [0.25, 0.3) is 6.08 Å². The number of Topliss-reactive ketones (excluding diaryl/α,β-unsaturated/α-hetero) is 1. The predicted molar refractivity (Wildman–Crippen MR) is 141 cm³/mol. The van der Waals surface area contributed by atoms with E-state index in [2.05, 4.69) is 4.90 Å². The summed E-state index contributed by atoms with van der Waals surface area (Å²) in [6.45, 7) is 3.54. The molecule has 0 bridgehead atoms. The molecule has 0 spiro atoms. The van der Waals surface area contributed by atoms with E-state index in [4.69, 9.17) is 46.9 Å². The predicted octanol–water partition coefficient (Wildman–Crippen LogP) is 6.30. The maximum Gasteiger partial charge on any atom is 0.231 e. The molecule has 0 aromatic heterocycles. The van der Waals surface area contributed by atoms with Crippen LogP contribution in [0.15, 0.2) is 42.2 Å². The second kappa shape index (κ2) is 10.2. The lowest BCUT2D eigenvalue weighted by atomic mass is 9.99. The van der Waals surface area contributed by atoms with Crippen molar-refractivity contribution in [1.29, 1.82) is 0 Å². The maximum absolute atomic E-state index is 13.4. The summed E-state index contributed by atoms with van der Waals surface area (Å²) in [5, 5.41) is 1.03. The summed E-state index contributed by atoms with van der Waals surface area (Å²) < 4.78 is 28.4. The Morgan fingerprint density at radius 3 is 2.35 bits per heavy atom. The van der Waals surface area contributed by atoms with Crippen LogP contribution in [0.5, 0.6) is 28.7 Å². The first-order valence-electron chi connectivity index (χ1n) is 11.5. The zero-order valence-corrected chi connectivity index (χ0v) is 22.3. The molecule has 0 radical (unpaired) electrons. The molecule has 2 heterocycles. The first-order chi connectivity index (χ1) is 17.8. The third-order valence-electron chi connectivity index (χ3n) is 6.38. The fourth-order valence-corrected chi connectivity index (χ4v) is 4.95. The second-order valence-electron chi connectivity index (χ2n) is 8.77.